The molecular weight excluding hydrogens is 135 g/mol. The summed E-state index contributed by atoms with van der Waals surface area (Å²) in [6.07, 6.45) is 0.721. The third kappa shape index (κ3) is 1.05. The van der Waals surface area contributed by atoms with Crippen molar-refractivity contribution < 1.29 is 9.18 Å². The Labute approximate surface area is 57.5 Å². The van der Waals surface area contributed by atoms with E-state index >= 15 is 0 Å². The lowest BCUT2D eigenvalue weighted by Crippen LogP contribution is -2.04. The summed E-state index contributed by atoms with van der Waals surface area (Å²) in [6.45, 7) is 1.32. The Bertz CT molecular complexity index is 231. The van der Waals surface area contributed by atoms with Gasteiger partial charge < -0.3 is 0 Å². The summed E-state index contributed by atoms with van der Waals surface area (Å²) in [5.74, 6) is 0. The Morgan fingerprint density at radius 2 is 2.60 bits per heavy atom. The minimum atomic E-state index is -1.24. The standard InChI is InChI=1S/C6H7FN2O/c1-5(7)9-6(4-10)2-3-8-9/h2-5H,1H3. The first-order valence-corrected chi connectivity index (χ1v) is 2.88. The second-order valence-corrected chi connectivity index (χ2v) is 1.89. The number of halogens is 1. The Hall–Kier alpha value is -1.19. The van der Waals surface area contributed by atoms with Crippen LogP contribution in [0.5, 0.6) is 0 Å². The first-order chi connectivity index (χ1) is 4.75. The van der Waals surface area contributed by atoms with E-state index in [1.54, 1.807) is 0 Å². The molecule has 0 saturated heterocycles. The number of alkyl halides is 1. The molecule has 1 aromatic rings. The first kappa shape index (κ1) is 6.92. The Kier molecular flexibility index (Phi) is 1.80. The molecule has 0 fully saturated rings. The maximum absolute atomic E-state index is 12.5. The SMILES string of the molecule is CC(F)n1nccc1C=O. The number of carbonyl (C=O) groups is 1. The third-order valence-corrected chi connectivity index (χ3v) is 1.16. The molecule has 0 spiro atoms. The van der Waals surface area contributed by atoms with E-state index in [9.17, 15) is 9.18 Å². The number of nitrogens with zero attached hydrogens (tertiary/aromatic N) is 2. The van der Waals surface area contributed by atoms with Crippen LogP contribution in [0.1, 0.15) is 23.7 Å². The number of rotatable bonds is 2. The van der Waals surface area contributed by atoms with Gasteiger partial charge in [-0.15, -0.1) is 0 Å². The topological polar surface area (TPSA) is 34.9 Å². The Balaban J connectivity index is 3.01. The van der Waals surface area contributed by atoms with Crippen molar-refractivity contribution in [2.75, 3.05) is 0 Å². The van der Waals surface area contributed by atoms with Crippen LogP contribution in [0.4, 0.5) is 4.39 Å². The van der Waals surface area contributed by atoms with Crippen LogP contribution in [-0.2, 0) is 0 Å². The molecule has 0 aliphatic heterocycles. The molecule has 0 bridgehead atoms. The Morgan fingerprint density at radius 3 is 3.00 bits per heavy atom. The fraction of sp³-hybridized carbons (Fsp3) is 0.333. The summed E-state index contributed by atoms with van der Waals surface area (Å²) < 4.78 is 13.5. The summed E-state index contributed by atoms with van der Waals surface area (Å²) in [6, 6.07) is 1.46. The van der Waals surface area contributed by atoms with Gasteiger partial charge in [0.1, 0.15) is 5.69 Å². The highest BCUT2D eigenvalue weighted by Gasteiger charge is 2.05. The predicted molar refractivity (Wildman–Crippen MR) is 33.4 cm³/mol. The van der Waals surface area contributed by atoms with E-state index < -0.39 is 6.30 Å². The van der Waals surface area contributed by atoms with Gasteiger partial charge in [-0.25, -0.2) is 9.07 Å². The molecule has 0 N–H and O–H groups in total. The van der Waals surface area contributed by atoms with Gasteiger partial charge in [0.15, 0.2) is 12.6 Å². The molecule has 1 aromatic heterocycles. The molecule has 10 heavy (non-hydrogen) atoms. The molecule has 1 atom stereocenters. The van der Waals surface area contributed by atoms with Crippen LogP contribution in [0, 0.1) is 0 Å². The fourth-order valence-corrected chi connectivity index (χ4v) is 0.715. The molecule has 0 aromatic carbocycles. The van der Waals surface area contributed by atoms with Crippen molar-refractivity contribution in [2.24, 2.45) is 0 Å². The highest BCUT2D eigenvalue weighted by atomic mass is 19.1. The van der Waals surface area contributed by atoms with Crippen molar-refractivity contribution >= 4 is 6.29 Å². The summed E-state index contributed by atoms with van der Waals surface area (Å²) >= 11 is 0. The van der Waals surface area contributed by atoms with Crippen LogP contribution in [-0.4, -0.2) is 16.1 Å². The van der Waals surface area contributed by atoms with Gasteiger partial charge in [-0.05, 0) is 13.0 Å². The van der Waals surface area contributed by atoms with Crippen LogP contribution < -0.4 is 0 Å². The van der Waals surface area contributed by atoms with E-state index in [1.165, 1.54) is 19.2 Å². The van der Waals surface area contributed by atoms with Crippen LogP contribution in [0.2, 0.25) is 0 Å². The minimum absolute atomic E-state index is 0.259. The van der Waals surface area contributed by atoms with Crippen molar-refractivity contribution in [2.45, 2.75) is 13.2 Å². The number of aromatic nitrogens is 2. The maximum atomic E-state index is 12.5. The largest absolute Gasteiger partial charge is 0.296 e. The van der Waals surface area contributed by atoms with Gasteiger partial charge >= 0.3 is 0 Å². The van der Waals surface area contributed by atoms with Crippen molar-refractivity contribution in [1.29, 1.82) is 0 Å². The minimum Gasteiger partial charge on any atom is -0.296 e. The second kappa shape index (κ2) is 2.60. The molecule has 1 unspecified atom stereocenters. The smallest absolute Gasteiger partial charge is 0.189 e. The van der Waals surface area contributed by atoms with E-state index in [4.69, 9.17) is 0 Å². The van der Waals surface area contributed by atoms with Gasteiger partial charge in [0.2, 0.25) is 0 Å². The molecular formula is C6H7FN2O. The summed E-state index contributed by atoms with van der Waals surface area (Å²) in [5, 5.41) is 3.60. The van der Waals surface area contributed by atoms with Crippen molar-refractivity contribution in [3.8, 4) is 0 Å². The molecule has 0 amide bonds. The van der Waals surface area contributed by atoms with Crippen molar-refractivity contribution in [1.82, 2.24) is 9.78 Å². The number of aldehydes is 1. The molecule has 1 heterocycles. The normalized spacial score (nSPS) is 13.0. The zero-order chi connectivity index (χ0) is 7.56. The lowest BCUT2D eigenvalue weighted by Gasteiger charge is -2.01. The quantitative estimate of drug-likeness (QED) is 0.581. The van der Waals surface area contributed by atoms with E-state index in [-0.39, 0.29) is 5.69 Å². The van der Waals surface area contributed by atoms with Gasteiger partial charge in [-0.1, -0.05) is 0 Å². The predicted octanol–water partition coefficient (Wildman–Crippen LogP) is 1.18. The van der Waals surface area contributed by atoms with E-state index in [2.05, 4.69) is 5.10 Å². The molecule has 0 aliphatic rings. The third-order valence-electron chi connectivity index (χ3n) is 1.16. The molecule has 0 saturated carbocycles. The summed E-state index contributed by atoms with van der Waals surface area (Å²) in [7, 11) is 0. The number of hydrogen-bond donors (Lipinski definition) is 0. The Morgan fingerprint density at radius 1 is 1.90 bits per heavy atom. The average molecular weight is 142 g/mol. The van der Waals surface area contributed by atoms with Gasteiger partial charge in [-0.3, -0.25) is 4.79 Å². The molecule has 3 nitrogen and oxygen atoms in total. The van der Waals surface area contributed by atoms with Crippen LogP contribution in [0.25, 0.3) is 0 Å². The second-order valence-electron chi connectivity index (χ2n) is 1.89. The maximum Gasteiger partial charge on any atom is 0.189 e. The zero-order valence-electron chi connectivity index (χ0n) is 5.49. The summed E-state index contributed by atoms with van der Waals surface area (Å²) in [4.78, 5) is 10.2. The average Bonchev–Trinajstić information content (AvgIpc) is 2.33. The fourth-order valence-electron chi connectivity index (χ4n) is 0.715. The highest BCUT2D eigenvalue weighted by molar-refractivity contribution is 5.71. The van der Waals surface area contributed by atoms with E-state index in [1.807, 2.05) is 0 Å². The van der Waals surface area contributed by atoms with Gasteiger partial charge in [0, 0.05) is 6.20 Å². The van der Waals surface area contributed by atoms with Crippen LogP contribution in [0.15, 0.2) is 12.3 Å². The molecule has 0 radical (unpaired) electrons. The molecule has 0 aliphatic carbocycles. The monoisotopic (exact) mass is 142 g/mol. The van der Waals surface area contributed by atoms with E-state index in [0.29, 0.717) is 6.29 Å². The van der Waals surface area contributed by atoms with Gasteiger partial charge in [0.05, 0.1) is 0 Å². The van der Waals surface area contributed by atoms with Gasteiger partial charge in [-0.2, -0.15) is 5.10 Å². The number of carbonyl (C=O) groups excluding carboxylic acids is 1. The van der Waals surface area contributed by atoms with Gasteiger partial charge in [0.25, 0.3) is 0 Å². The highest BCUT2D eigenvalue weighted by Crippen LogP contribution is 2.06. The van der Waals surface area contributed by atoms with E-state index in [0.717, 1.165) is 4.68 Å². The summed E-state index contributed by atoms with van der Waals surface area (Å²) in [5.41, 5.74) is 0.259. The zero-order valence-corrected chi connectivity index (χ0v) is 5.49. The lowest BCUT2D eigenvalue weighted by molar-refractivity contribution is 0.110. The van der Waals surface area contributed by atoms with Crippen LogP contribution >= 0.6 is 0 Å². The molecule has 1 rings (SSSR count). The van der Waals surface area contributed by atoms with Crippen LogP contribution in [0.3, 0.4) is 0 Å². The number of hydrogen-bond acceptors (Lipinski definition) is 2. The lowest BCUT2D eigenvalue weighted by atomic mass is 10.5. The first-order valence-electron chi connectivity index (χ1n) is 2.88. The molecule has 4 heteroatoms. The molecule has 54 valence electrons. The van der Waals surface area contributed by atoms with Crippen molar-refractivity contribution in [3.63, 3.8) is 0 Å². The van der Waals surface area contributed by atoms with Crippen molar-refractivity contribution in [3.05, 3.63) is 18.0 Å².